The molecule has 1 atom stereocenters. The zero-order valence-electron chi connectivity index (χ0n) is 9.92. The van der Waals surface area contributed by atoms with Crippen LogP contribution in [0.1, 0.15) is 16.8 Å². The molecule has 1 rings (SSSR count). The number of aromatic hydroxyl groups is 1. The normalized spacial score (nSPS) is 11.8. The minimum atomic E-state index is -1.05. The van der Waals surface area contributed by atoms with Gasteiger partial charge in [0.25, 0.3) is 5.91 Å². The molecular weight excluding hydrogens is 254 g/mol. The van der Waals surface area contributed by atoms with Crippen molar-refractivity contribution in [1.82, 2.24) is 5.32 Å². The number of hydrogen-bond acceptors (Lipinski definition) is 4. The number of amides is 1. The second-order valence-corrected chi connectivity index (χ2v) is 4.68. The predicted octanol–water partition coefficient (Wildman–Crippen LogP) is 1.33. The molecule has 1 aromatic rings. The van der Waals surface area contributed by atoms with Gasteiger partial charge in [0.05, 0.1) is 0 Å². The van der Waals surface area contributed by atoms with E-state index < -0.39 is 17.9 Å². The molecule has 6 heteroatoms. The van der Waals surface area contributed by atoms with Gasteiger partial charge in [-0.25, -0.2) is 4.79 Å². The molecule has 3 N–H and O–H groups in total. The Hall–Kier alpha value is -1.69. The monoisotopic (exact) mass is 269 g/mol. The van der Waals surface area contributed by atoms with Crippen LogP contribution in [0.2, 0.25) is 0 Å². The fraction of sp³-hybridized carbons (Fsp3) is 0.333. The van der Waals surface area contributed by atoms with Crippen LogP contribution in [0.15, 0.2) is 24.3 Å². The smallest absolute Gasteiger partial charge is 0.326 e. The Labute approximate surface area is 109 Å². The number of benzene rings is 1. The highest BCUT2D eigenvalue weighted by atomic mass is 32.2. The molecule has 18 heavy (non-hydrogen) atoms. The maximum absolute atomic E-state index is 11.8. The summed E-state index contributed by atoms with van der Waals surface area (Å²) in [5, 5.41) is 20.5. The van der Waals surface area contributed by atoms with Crippen molar-refractivity contribution in [2.24, 2.45) is 0 Å². The Bertz CT molecular complexity index is 419. The number of carboxylic acid groups (broad SMARTS) is 1. The molecular formula is C12H15NO4S. The highest BCUT2D eigenvalue weighted by molar-refractivity contribution is 7.98. The average molecular weight is 269 g/mol. The standard InChI is InChI=1S/C12H15NO4S/c1-18-7-6-10(12(16)17)13-11(15)8-2-4-9(14)5-3-8/h2-5,10,14H,6-7H2,1H3,(H,13,15)(H,16,17). The highest BCUT2D eigenvalue weighted by Crippen LogP contribution is 2.10. The van der Waals surface area contributed by atoms with Crippen molar-refractivity contribution in [1.29, 1.82) is 0 Å². The number of carboxylic acids is 1. The van der Waals surface area contributed by atoms with Crippen LogP contribution in [-0.4, -0.2) is 40.1 Å². The van der Waals surface area contributed by atoms with E-state index in [9.17, 15) is 9.59 Å². The van der Waals surface area contributed by atoms with E-state index in [2.05, 4.69) is 5.32 Å². The molecule has 1 unspecified atom stereocenters. The topological polar surface area (TPSA) is 86.6 Å². The molecule has 1 aromatic carbocycles. The number of carbonyl (C=O) groups is 2. The lowest BCUT2D eigenvalue weighted by Gasteiger charge is -2.13. The first kappa shape index (κ1) is 14.4. The van der Waals surface area contributed by atoms with Crippen LogP contribution in [0.5, 0.6) is 5.75 Å². The van der Waals surface area contributed by atoms with Gasteiger partial charge in [-0.05, 0) is 42.7 Å². The molecule has 0 aliphatic heterocycles. The number of phenolic OH excluding ortho intramolecular Hbond substituents is 1. The summed E-state index contributed by atoms with van der Waals surface area (Å²) in [4.78, 5) is 22.7. The first-order valence-corrected chi connectivity index (χ1v) is 6.75. The van der Waals surface area contributed by atoms with Crippen LogP contribution in [0.4, 0.5) is 0 Å². The summed E-state index contributed by atoms with van der Waals surface area (Å²) < 4.78 is 0. The average Bonchev–Trinajstić information content (AvgIpc) is 2.34. The highest BCUT2D eigenvalue weighted by Gasteiger charge is 2.19. The van der Waals surface area contributed by atoms with Crippen molar-refractivity contribution in [3.05, 3.63) is 29.8 Å². The molecule has 98 valence electrons. The van der Waals surface area contributed by atoms with Gasteiger partial charge in [0.1, 0.15) is 11.8 Å². The van der Waals surface area contributed by atoms with Crippen LogP contribution in [0.3, 0.4) is 0 Å². The number of rotatable bonds is 6. The SMILES string of the molecule is CSCCC(NC(=O)c1ccc(O)cc1)C(=O)O. The summed E-state index contributed by atoms with van der Waals surface area (Å²) in [6.07, 6.45) is 2.25. The van der Waals surface area contributed by atoms with E-state index in [0.29, 0.717) is 17.7 Å². The van der Waals surface area contributed by atoms with Crippen molar-refractivity contribution in [3.8, 4) is 5.75 Å². The number of phenols is 1. The second kappa shape index (κ2) is 6.90. The summed E-state index contributed by atoms with van der Waals surface area (Å²) >= 11 is 1.52. The molecule has 0 aliphatic rings. The van der Waals surface area contributed by atoms with E-state index >= 15 is 0 Å². The Kier molecular flexibility index (Phi) is 5.51. The molecule has 0 saturated heterocycles. The van der Waals surface area contributed by atoms with Gasteiger partial charge in [-0.2, -0.15) is 11.8 Å². The Morgan fingerprint density at radius 3 is 2.44 bits per heavy atom. The number of nitrogens with one attached hydrogen (secondary N) is 1. The summed E-state index contributed by atoms with van der Waals surface area (Å²) in [5.41, 5.74) is 0.322. The second-order valence-electron chi connectivity index (χ2n) is 3.69. The minimum absolute atomic E-state index is 0.0590. The van der Waals surface area contributed by atoms with Crippen molar-refractivity contribution >= 4 is 23.6 Å². The third-order valence-corrected chi connectivity index (χ3v) is 2.99. The molecule has 0 saturated carbocycles. The molecule has 0 bridgehead atoms. The Morgan fingerprint density at radius 2 is 1.94 bits per heavy atom. The molecule has 0 spiro atoms. The van der Waals surface area contributed by atoms with Gasteiger partial charge in [-0.1, -0.05) is 0 Å². The van der Waals surface area contributed by atoms with Crippen LogP contribution in [0, 0.1) is 0 Å². The maximum atomic E-state index is 11.8. The number of carbonyl (C=O) groups excluding carboxylic acids is 1. The Balaban J connectivity index is 2.66. The molecule has 0 heterocycles. The van der Waals surface area contributed by atoms with E-state index in [0.717, 1.165) is 0 Å². The summed E-state index contributed by atoms with van der Waals surface area (Å²) in [5.74, 6) is -0.782. The van der Waals surface area contributed by atoms with E-state index in [-0.39, 0.29) is 5.75 Å². The number of thioether (sulfide) groups is 1. The van der Waals surface area contributed by atoms with E-state index in [1.807, 2.05) is 6.26 Å². The van der Waals surface area contributed by atoms with Crippen molar-refractivity contribution in [2.75, 3.05) is 12.0 Å². The van der Waals surface area contributed by atoms with Gasteiger partial charge in [-0.3, -0.25) is 4.79 Å². The minimum Gasteiger partial charge on any atom is -0.508 e. The molecule has 0 aliphatic carbocycles. The fourth-order valence-electron chi connectivity index (χ4n) is 1.35. The Morgan fingerprint density at radius 1 is 1.33 bits per heavy atom. The van der Waals surface area contributed by atoms with Crippen molar-refractivity contribution < 1.29 is 19.8 Å². The lowest BCUT2D eigenvalue weighted by atomic mass is 10.1. The van der Waals surface area contributed by atoms with Crippen LogP contribution >= 0.6 is 11.8 Å². The summed E-state index contributed by atoms with van der Waals surface area (Å²) in [6, 6.07) is 4.76. The van der Waals surface area contributed by atoms with E-state index in [1.54, 1.807) is 0 Å². The molecule has 0 fully saturated rings. The fourth-order valence-corrected chi connectivity index (χ4v) is 1.82. The maximum Gasteiger partial charge on any atom is 0.326 e. The summed E-state index contributed by atoms with van der Waals surface area (Å²) in [6.45, 7) is 0. The van der Waals surface area contributed by atoms with E-state index in [1.165, 1.54) is 36.0 Å². The lowest BCUT2D eigenvalue weighted by Crippen LogP contribution is -2.41. The number of hydrogen-bond donors (Lipinski definition) is 3. The van der Waals surface area contributed by atoms with Gasteiger partial charge in [-0.15, -0.1) is 0 Å². The molecule has 1 amide bonds. The van der Waals surface area contributed by atoms with Crippen LogP contribution < -0.4 is 5.32 Å². The van der Waals surface area contributed by atoms with Crippen LogP contribution in [0.25, 0.3) is 0 Å². The first-order chi connectivity index (χ1) is 8.54. The molecule has 0 radical (unpaired) electrons. The molecule has 5 nitrogen and oxygen atoms in total. The van der Waals surface area contributed by atoms with Gasteiger partial charge in [0.15, 0.2) is 0 Å². The van der Waals surface area contributed by atoms with Crippen LogP contribution in [-0.2, 0) is 4.79 Å². The van der Waals surface area contributed by atoms with Gasteiger partial charge < -0.3 is 15.5 Å². The number of aliphatic carboxylic acids is 1. The lowest BCUT2D eigenvalue weighted by molar-refractivity contribution is -0.139. The quantitative estimate of drug-likeness (QED) is 0.725. The van der Waals surface area contributed by atoms with Gasteiger partial charge in [0, 0.05) is 5.56 Å². The van der Waals surface area contributed by atoms with Crippen molar-refractivity contribution in [2.45, 2.75) is 12.5 Å². The first-order valence-electron chi connectivity index (χ1n) is 5.36. The predicted molar refractivity (Wildman–Crippen MR) is 70.0 cm³/mol. The largest absolute Gasteiger partial charge is 0.508 e. The summed E-state index contributed by atoms with van der Waals surface area (Å²) in [7, 11) is 0. The zero-order chi connectivity index (χ0) is 13.5. The molecule has 0 aromatic heterocycles. The third kappa shape index (κ3) is 4.29. The van der Waals surface area contributed by atoms with Gasteiger partial charge >= 0.3 is 5.97 Å². The van der Waals surface area contributed by atoms with Crippen molar-refractivity contribution in [3.63, 3.8) is 0 Å². The third-order valence-electron chi connectivity index (χ3n) is 2.34. The van der Waals surface area contributed by atoms with Gasteiger partial charge in [0.2, 0.25) is 0 Å². The van der Waals surface area contributed by atoms with E-state index in [4.69, 9.17) is 10.2 Å². The zero-order valence-corrected chi connectivity index (χ0v) is 10.7.